The number of rotatable bonds is 18. The summed E-state index contributed by atoms with van der Waals surface area (Å²) in [4.78, 5) is 49.6. The number of ketones is 1. The lowest BCUT2D eigenvalue weighted by Crippen LogP contribution is -2.44. The van der Waals surface area contributed by atoms with Gasteiger partial charge in [0.2, 0.25) is 5.78 Å². The van der Waals surface area contributed by atoms with Crippen molar-refractivity contribution in [3.05, 3.63) is 0 Å². The predicted molar refractivity (Wildman–Crippen MR) is 126 cm³/mol. The van der Waals surface area contributed by atoms with Gasteiger partial charge in [0, 0.05) is 32.8 Å². The number of Topliss-reactive ketones (excluding diaryl/α,β-unsaturated/α-hetero) is 1. The molecular weight excluding hydrogens is 464 g/mol. The summed E-state index contributed by atoms with van der Waals surface area (Å²) >= 11 is 0. The molecule has 0 bridgehead atoms. The largest absolute Gasteiger partial charge is 0.500 e. The van der Waals surface area contributed by atoms with Crippen LogP contribution in [0.15, 0.2) is 0 Å². The minimum absolute atomic E-state index is 0.0104. The molecule has 0 fully saturated rings. The second kappa shape index (κ2) is 14.0. The Kier molecular flexibility index (Phi) is 13.3. The summed E-state index contributed by atoms with van der Waals surface area (Å²) in [5.41, 5.74) is -3.50. The molecule has 34 heavy (non-hydrogen) atoms. The number of ether oxygens (including phenoxy) is 2. The minimum Gasteiger partial charge on any atom is -0.465 e. The highest BCUT2D eigenvalue weighted by molar-refractivity contribution is 6.60. The molecule has 0 amide bonds. The van der Waals surface area contributed by atoms with Gasteiger partial charge in [0.15, 0.2) is 6.29 Å². The topological polar surface area (TPSA) is 135 Å². The highest BCUT2D eigenvalue weighted by Crippen LogP contribution is 2.45. The average Bonchev–Trinajstić information content (AvgIpc) is 2.81. The predicted octanol–water partition coefficient (Wildman–Crippen LogP) is 2.33. The molecule has 2 atom stereocenters. The van der Waals surface area contributed by atoms with Crippen LogP contribution in [0.1, 0.15) is 60.3 Å². The number of carbonyl (C=O) groups is 4. The molecule has 0 heterocycles. The van der Waals surface area contributed by atoms with Crippen LogP contribution in [0.4, 0.5) is 0 Å². The lowest BCUT2D eigenvalue weighted by molar-refractivity contribution is -0.166. The Morgan fingerprint density at radius 3 is 1.82 bits per heavy atom. The van der Waals surface area contributed by atoms with Gasteiger partial charge in [0.1, 0.15) is 6.61 Å². The van der Waals surface area contributed by atoms with Gasteiger partial charge in [-0.05, 0) is 46.5 Å². The maximum absolute atomic E-state index is 13.3. The molecule has 10 nitrogen and oxygen atoms in total. The fourth-order valence-corrected chi connectivity index (χ4v) is 5.85. The molecule has 0 radical (unpaired) electrons. The monoisotopic (exact) mass is 506 g/mol. The third kappa shape index (κ3) is 8.84. The van der Waals surface area contributed by atoms with Gasteiger partial charge in [-0.15, -0.1) is 0 Å². The molecule has 0 rings (SSSR count). The van der Waals surface area contributed by atoms with Gasteiger partial charge >= 0.3 is 20.7 Å². The summed E-state index contributed by atoms with van der Waals surface area (Å²) in [5.74, 6) is -1.80. The Hall–Kier alpha value is -1.66. The number of hydrogen-bond donors (Lipinski definition) is 1. The number of hydrogen-bond acceptors (Lipinski definition) is 10. The van der Waals surface area contributed by atoms with Gasteiger partial charge < -0.3 is 27.9 Å². The first-order valence-corrected chi connectivity index (χ1v) is 13.3. The second-order valence-corrected chi connectivity index (χ2v) is 12.7. The molecule has 198 valence electrons. The van der Waals surface area contributed by atoms with Crippen molar-refractivity contribution in [2.24, 2.45) is 16.2 Å². The van der Waals surface area contributed by atoms with Crippen molar-refractivity contribution in [1.29, 1.82) is 0 Å². The van der Waals surface area contributed by atoms with E-state index in [1.165, 1.54) is 21.3 Å². The highest BCUT2D eigenvalue weighted by atomic mass is 28.4. The van der Waals surface area contributed by atoms with Crippen LogP contribution in [-0.4, -0.2) is 79.1 Å². The average molecular weight is 507 g/mol. The van der Waals surface area contributed by atoms with E-state index in [-0.39, 0.29) is 38.9 Å². The van der Waals surface area contributed by atoms with Crippen LogP contribution in [0.2, 0.25) is 6.04 Å². The standard InChI is InChI=1S/C23H42O10Si/c1-9-22(4,18(26)15-25)17-23(5,16-21(2,3)19(27)33-13-11-24)20(28)32-12-10-14-34(29-6,30-7)31-8/h15,24H,9-14,16-17H2,1-8H3. The fraction of sp³-hybridized carbons (Fsp3) is 0.826. The third-order valence-electron chi connectivity index (χ3n) is 6.26. The van der Waals surface area contributed by atoms with Crippen LogP contribution in [-0.2, 0) is 41.9 Å². The molecule has 11 heteroatoms. The molecule has 1 N–H and O–H groups in total. The first-order valence-electron chi connectivity index (χ1n) is 11.4. The van der Waals surface area contributed by atoms with E-state index in [0.717, 1.165) is 0 Å². The zero-order valence-electron chi connectivity index (χ0n) is 21.9. The summed E-state index contributed by atoms with van der Waals surface area (Å²) < 4.78 is 26.8. The Labute approximate surface area is 204 Å². The van der Waals surface area contributed by atoms with Crippen molar-refractivity contribution in [3.63, 3.8) is 0 Å². The van der Waals surface area contributed by atoms with Crippen molar-refractivity contribution >= 4 is 32.8 Å². The van der Waals surface area contributed by atoms with Crippen LogP contribution >= 0.6 is 0 Å². The summed E-state index contributed by atoms with van der Waals surface area (Å²) in [6.45, 7) is 7.83. The van der Waals surface area contributed by atoms with Crippen molar-refractivity contribution in [1.82, 2.24) is 0 Å². The molecule has 0 aromatic rings. The van der Waals surface area contributed by atoms with Gasteiger partial charge in [-0.3, -0.25) is 19.2 Å². The van der Waals surface area contributed by atoms with Crippen LogP contribution < -0.4 is 0 Å². The Morgan fingerprint density at radius 2 is 1.38 bits per heavy atom. The molecule has 0 saturated carbocycles. The number of carbonyl (C=O) groups excluding carboxylic acids is 4. The summed E-state index contributed by atoms with van der Waals surface area (Å²) in [7, 11) is 1.67. The summed E-state index contributed by atoms with van der Waals surface area (Å²) in [5, 5.41) is 8.96. The smallest absolute Gasteiger partial charge is 0.465 e. The van der Waals surface area contributed by atoms with Gasteiger partial charge in [-0.2, -0.15) is 0 Å². The summed E-state index contributed by atoms with van der Waals surface area (Å²) in [6, 6.07) is 0.426. The first kappa shape index (κ1) is 32.3. The quantitative estimate of drug-likeness (QED) is 0.0970. The molecule has 0 saturated heterocycles. The molecule has 0 aliphatic rings. The van der Waals surface area contributed by atoms with Crippen LogP contribution in [0.3, 0.4) is 0 Å². The van der Waals surface area contributed by atoms with Gasteiger partial charge in [-0.25, -0.2) is 0 Å². The van der Waals surface area contributed by atoms with Crippen LogP contribution in [0, 0.1) is 16.2 Å². The van der Waals surface area contributed by atoms with E-state index in [0.29, 0.717) is 18.9 Å². The maximum Gasteiger partial charge on any atom is 0.500 e. The molecule has 2 unspecified atom stereocenters. The normalized spacial score (nSPS) is 15.7. The van der Waals surface area contributed by atoms with E-state index in [1.807, 2.05) is 0 Å². The van der Waals surface area contributed by atoms with E-state index in [1.54, 1.807) is 34.6 Å². The van der Waals surface area contributed by atoms with Crippen molar-refractivity contribution < 1.29 is 47.0 Å². The van der Waals surface area contributed by atoms with E-state index in [2.05, 4.69) is 0 Å². The van der Waals surface area contributed by atoms with Gasteiger partial charge in [-0.1, -0.05) is 13.8 Å². The third-order valence-corrected chi connectivity index (χ3v) is 9.09. The van der Waals surface area contributed by atoms with Gasteiger partial charge in [0.05, 0.1) is 24.0 Å². The summed E-state index contributed by atoms with van der Waals surface area (Å²) in [6.07, 6.45) is 1.03. The molecule has 0 aromatic heterocycles. The fourth-order valence-electron chi connectivity index (χ4n) is 4.16. The molecule has 0 aliphatic carbocycles. The number of aliphatic hydroxyl groups is 1. The zero-order valence-corrected chi connectivity index (χ0v) is 22.9. The van der Waals surface area contributed by atoms with E-state index in [9.17, 15) is 19.2 Å². The molecule has 0 aromatic carbocycles. The Balaban J connectivity index is 5.75. The lowest BCUT2D eigenvalue weighted by Gasteiger charge is -2.39. The van der Waals surface area contributed by atoms with Crippen LogP contribution in [0.5, 0.6) is 0 Å². The maximum atomic E-state index is 13.3. The van der Waals surface area contributed by atoms with E-state index < -0.39 is 42.8 Å². The van der Waals surface area contributed by atoms with Crippen molar-refractivity contribution in [2.75, 3.05) is 41.2 Å². The molecule has 0 aliphatic heterocycles. The first-order chi connectivity index (χ1) is 15.7. The van der Waals surface area contributed by atoms with Gasteiger partial charge in [0.25, 0.3) is 0 Å². The van der Waals surface area contributed by atoms with Crippen molar-refractivity contribution in [2.45, 2.75) is 66.3 Å². The number of aliphatic hydroxyl groups excluding tert-OH is 1. The SMILES string of the molecule is CCC(C)(CC(C)(CC(C)(C)C(=O)OCCO)C(=O)OCCC[Si](OC)(OC)OC)C(=O)C=O. The van der Waals surface area contributed by atoms with Crippen LogP contribution in [0.25, 0.3) is 0 Å². The number of esters is 2. The Bertz CT molecular complexity index is 683. The number of aldehydes is 1. The Morgan fingerprint density at radius 1 is 0.853 bits per heavy atom. The zero-order chi connectivity index (χ0) is 26.6. The second-order valence-electron chi connectivity index (χ2n) is 9.59. The highest BCUT2D eigenvalue weighted by Gasteiger charge is 2.49. The van der Waals surface area contributed by atoms with Crippen molar-refractivity contribution in [3.8, 4) is 0 Å². The lowest BCUT2D eigenvalue weighted by atomic mass is 9.64. The minimum atomic E-state index is -2.82. The molecule has 0 spiro atoms. The van der Waals surface area contributed by atoms with E-state index >= 15 is 0 Å². The van der Waals surface area contributed by atoms with E-state index in [4.69, 9.17) is 27.9 Å². The molecular formula is C23H42O10Si.